The number of thioether (sulfide) groups is 1. The van der Waals surface area contributed by atoms with Crippen LogP contribution in [0.25, 0.3) is 0 Å². The van der Waals surface area contributed by atoms with Gasteiger partial charge in [-0.3, -0.25) is 19.2 Å². The van der Waals surface area contributed by atoms with E-state index in [4.69, 9.17) is 11.5 Å². The third kappa shape index (κ3) is 5.96. The molecule has 0 aliphatic carbocycles. The summed E-state index contributed by atoms with van der Waals surface area (Å²) in [5.41, 5.74) is 12.4. The van der Waals surface area contributed by atoms with E-state index in [1.807, 2.05) is 44.4 Å². The molecule has 2 aromatic rings. The van der Waals surface area contributed by atoms with Crippen LogP contribution >= 0.6 is 11.8 Å². The topological polar surface area (TPSA) is 164 Å². The first-order valence-corrected chi connectivity index (χ1v) is 13.2. The molecule has 0 radical (unpaired) electrons. The molecular weight excluding hydrogens is 480 g/mol. The first-order valence-electron chi connectivity index (χ1n) is 11.8. The van der Waals surface area contributed by atoms with Crippen LogP contribution in [0.15, 0.2) is 36.8 Å². The highest BCUT2D eigenvalue weighted by atomic mass is 32.2. The van der Waals surface area contributed by atoms with Crippen molar-refractivity contribution in [1.29, 1.82) is 0 Å². The number of imidazole rings is 1. The lowest BCUT2D eigenvalue weighted by molar-refractivity contribution is -0.148. The van der Waals surface area contributed by atoms with Gasteiger partial charge in [-0.2, -0.15) is 11.8 Å². The zero-order chi connectivity index (χ0) is 26.5. The maximum absolute atomic E-state index is 13.9. The molecule has 0 bridgehead atoms. The number of hydrogen-bond acceptors (Lipinski definition) is 7. The van der Waals surface area contributed by atoms with Crippen LogP contribution in [0.1, 0.15) is 37.1 Å². The number of nitrogens with zero attached hydrogens (tertiary/aromatic N) is 2. The van der Waals surface area contributed by atoms with Gasteiger partial charge in [0.2, 0.25) is 17.7 Å². The van der Waals surface area contributed by atoms with Gasteiger partial charge in [0.15, 0.2) is 11.3 Å². The second kappa shape index (κ2) is 11.7. The maximum atomic E-state index is 13.9. The van der Waals surface area contributed by atoms with E-state index in [2.05, 4.69) is 15.3 Å². The van der Waals surface area contributed by atoms with Gasteiger partial charge in [-0.1, -0.05) is 38.1 Å². The van der Waals surface area contributed by atoms with Crippen molar-refractivity contribution in [2.75, 3.05) is 12.0 Å². The zero-order valence-electron chi connectivity index (χ0n) is 20.8. The Hall–Kier alpha value is -3.18. The Kier molecular flexibility index (Phi) is 8.91. The van der Waals surface area contributed by atoms with Crippen molar-refractivity contribution in [2.45, 2.75) is 57.3 Å². The number of nitrogens with one attached hydrogen (secondary N) is 2. The van der Waals surface area contributed by atoms with Gasteiger partial charge in [0.1, 0.15) is 6.04 Å². The second-order valence-corrected chi connectivity index (χ2v) is 10.4. The summed E-state index contributed by atoms with van der Waals surface area (Å²) in [4.78, 5) is 61.0. The Morgan fingerprint density at radius 1 is 1.25 bits per heavy atom. The summed E-state index contributed by atoms with van der Waals surface area (Å²) in [5.74, 6) is -2.06. The summed E-state index contributed by atoms with van der Waals surface area (Å²) in [6.45, 7) is 3.80. The standard InChI is InChI=1S/C25H34N6O4S/c1-15(2)21(30-20(32)11-18-12-28-14-29-18)23(34)31-13-17-7-5-4-6-16(17)10-19(31)22(33)25(27,24(26)35)8-9-36-3/h4-7,12,14-15,19,21H,8-11,13,27H2,1-3H3,(H2,26,35)(H,28,29)(H,30,32)/t19?,21-,25+/m0/s1. The molecule has 0 saturated heterocycles. The van der Waals surface area contributed by atoms with Crippen LogP contribution in [-0.2, 0) is 38.6 Å². The molecule has 1 aromatic heterocycles. The minimum atomic E-state index is -1.91. The minimum absolute atomic E-state index is 0.0317. The molecule has 3 atom stereocenters. The number of rotatable bonds is 11. The first-order chi connectivity index (χ1) is 17.1. The predicted molar refractivity (Wildman–Crippen MR) is 138 cm³/mol. The van der Waals surface area contributed by atoms with Crippen LogP contribution in [0.3, 0.4) is 0 Å². The van der Waals surface area contributed by atoms with Crippen molar-refractivity contribution in [2.24, 2.45) is 17.4 Å². The number of H-pyrrole nitrogens is 1. The molecule has 0 spiro atoms. The number of ketones is 1. The smallest absolute Gasteiger partial charge is 0.246 e. The van der Waals surface area contributed by atoms with Gasteiger partial charge in [0.25, 0.3) is 0 Å². The Balaban J connectivity index is 1.93. The van der Waals surface area contributed by atoms with E-state index in [0.29, 0.717) is 11.4 Å². The second-order valence-electron chi connectivity index (χ2n) is 9.44. The number of primary amides is 1. The highest BCUT2D eigenvalue weighted by Gasteiger charge is 2.48. The number of Topliss-reactive ketones (excluding diaryl/α,β-unsaturated/α-hetero) is 1. The van der Waals surface area contributed by atoms with E-state index in [9.17, 15) is 19.2 Å². The van der Waals surface area contributed by atoms with E-state index < -0.39 is 35.2 Å². The molecule has 194 valence electrons. The number of benzene rings is 1. The number of aromatic nitrogens is 2. The van der Waals surface area contributed by atoms with Crippen LogP contribution in [0.2, 0.25) is 0 Å². The molecule has 36 heavy (non-hydrogen) atoms. The molecule has 0 fully saturated rings. The molecule has 3 rings (SSSR count). The van der Waals surface area contributed by atoms with Crippen molar-refractivity contribution in [3.63, 3.8) is 0 Å². The van der Waals surface area contributed by atoms with Gasteiger partial charge in [-0.25, -0.2) is 4.98 Å². The van der Waals surface area contributed by atoms with Crippen LogP contribution in [0.4, 0.5) is 0 Å². The average molecular weight is 515 g/mol. The molecule has 2 heterocycles. The molecule has 3 amide bonds. The molecule has 1 aliphatic heterocycles. The van der Waals surface area contributed by atoms with Crippen LogP contribution in [0.5, 0.6) is 0 Å². The van der Waals surface area contributed by atoms with Gasteiger partial charge < -0.3 is 26.7 Å². The van der Waals surface area contributed by atoms with Crippen LogP contribution in [0, 0.1) is 5.92 Å². The molecule has 11 heteroatoms. The summed E-state index contributed by atoms with van der Waals surface area (Å²) in [6, 6.07) is 5.65. The molecule has 1 aromatic carbocycles. The molecule has 0 saturated carbocycles. The van der Waals surface area contributed by atoms with Crippen molar-refractivity contribution < 1.29 is 19.2 Å². The van der Waals surface area contributed by atoms with Gasteiger partial charge in [0.05, 0.1) is 18.8 Å². The van der Waals surface area contributed by atoms with E-state index >= 15 is 0 Å². The van der Waals surface area contributed by atoms with Gasteiger partial charge >= 0.3 is 0 Å². The Morgan fingerprint density at radius 2 is 1.94 bits per heavy atom. The number of hydrogen-bond donors (Lipinski definition) is 4. The lowest BCUT2D eigenvalue weighted by Crippen LogP contribution is -2.66. The molecule has 1 aliphatic rings. The summed E-state index contributed by atoms with van der Waals surface area (Å²) < 4.78 is 0. The predicted octanol–water partition coefficient (Wildman–Crippen LogP) is 0.552. The number of nitrogens with two attached hydrogens (primary N) is 2. The number of carbonyl (C=O) groups is 4. The zero-order valence-corrected chi connectivity index (χ0v) is 21.6. The fourth-order valence-electron chi connectivity index (χ4n) is 4.39. The van der Waals surface area contributed by atoms with E-state index in [0.717, 1.165) is 11.1 Å². The van der Waals surface area contributed by atoms with E-state index in [-0.39, 0.29) is 37.6 Å². The summed E-state index contributed by atoms with van der Waals surface area (Å²) in [6.07, 6.45) is 5.17. The molecular formula is C25H34N6O4S. The van der Waals surface area contributed by atoms with Gasteiger partial charge in [-0.15, -0.1) is 0 Å². The van der Waals surface area contributed by atoms with Crippen molar-refractivity contribution >= 4 is 35.3 Å². The first kappa shape index (κ1) is 27.4. The maximum Gasteiger partial charge on any atom is 0.246 e. The third-order valence-electron chi connectivity index (χ3n) is 6.57. The highest BCUT2D eigenvalue weighted by Crippen LogP contribution is 2.28. The summed E-state index contributed by atoms with van der Waals surface area (Å²) in [5, 5.41) is 2.82. The number of aromatic amines is 1. The lowest BCUT2D eigenvalue weighted by Gasteiger charge is -2.41. The third-order valence-corrected chi connectivity index (χ3v) is 7.18. The quantitative estimate of drug-likeness (QED) is 0.318. The normalized spacial score (nSPS) is 17.7. The fraction of sp³-hybridized carbons (Fsp3) is 0.480. The van der Waals surface area contributed by atoms with E-state index in [1.54, 1.807) is 6.20 Å². The summed E-state index contributed by atoms with van der Waals surface area (Å²) in [7, 11) is 0. The SMILES string of the molecule is CSCC[C@](N)(C(N)=O)C(=O)C1Cc2ccccc2CN1C(=O)[C@@H](NC(=O)Cc1cnc[nH]1)C(C)C. The Labute approximate surface area is 215 Å². The Morgan fingerprint density at radius 3 is 2.53 bits per heavy atom. The Bertz CT molecular complexity index is 1110. The van der Waals surface area contributed by atoms with E-state index in [1.165, 1.54) is 23.0 Å². The number of carbonyl (C=O) groups excluding carboxylic acids is 4. The van der Waals surface area contributed by atoms with Crippen LogP contribution in [-0.4, -0.2) is 68.0 Å². The average Bonchev–Trinajstić information content (AvgIpc) is 3.36. The molecule has 6 N–H and O–H groups in total. The molecule has 10 nitrogen and oxygen atoms in total. The number of fused-ring (bicyclic) bond motifs is 1. The monoisotopic (exact) mass is 514 g/mol. The van der Waals surface area contributed by atoms with Crippen molar-refractivity contribution in [1.82, 2.24) is 20.2 Å². The number of amides is 3. The van der Waals surface area contributed by atoms with Gasteiger partial charge in [0, 0.05) is 24.9 Å². The van der Waals surface area contributed by atoms with Gasteiger partial charge in [-0.05, 0) is 35.5 Å². The fourth-order valence-corrected chi connectivity index (χ4v) is 4.91. The molecule has 1 unspecified atom stereocenters. The largest absolute Gasteiger partial charge is 0.368 e. The van der Waals surface area contributed by atoms with Crippen LogP contribution < -0.4 is 16.8 Å². The highest BCUT2D eigenvalue weighted by molar-refractivity contribution is 7.98. The summed E-state index contributed by atoms with van der Waals surface area (Å²) >= 11 is 1.45. The van der Waals surface area contributed by atoms with Crippen molar-refractivity contribution in [3.05, 3.63) is 53.6 Å². The minimum Gasteiger partial charge on any atom is -0.368 e. The lowest BCUT2D eigenvalue weighted by atomic mass is 9.81. The van der Waals surface area contributed by atoms with Crippen molar-refractivity contribution in [3.8, 4) is 0 Å².